The van der Waals surface area contributed by atoms with E-state index in [4.69, 9.17) is 13.7 Å². The summed E-state index contributed by atoms with van der Waals surface area (Å²) in [4.78, 5) is 0. The van der Waals surface area contributed by atoms with E-state index in [-0.39, 0.29) is 18.8 Å². The lowest BCUT2D eigenvalue weighted by molar-refractivity contribution is -0.00517. The summed E-state index contributed by atoms with van der Waals surface area (Å²) in [7, 11) is -3.44. The topological polar surface area (TPSA) is 65.1 Å². The van der Waals surface area contributed by atoms with Crippen LogP contribution >= 0.6 is 0 Å². The minimum absolute atomic E-state index is 0.00364. The third kappa shape index (κ3) is 4.73. The quantitative estimate of drug-likeness (QED) is 0.546. The fraction of sp³-hybridized carbons (Fsp3) is 0.500. The van der Waals surface area contributed by atoms with Gasteiger partial charge in [0.1, 0.15) is 12.2 Å². The van der Waals surface area contributed by atoms with E-state index < -0.39 is 10.1 Å². The van der Waals surface area contributed by atoms with Crippen molar-refractivity contribution >= 4 is 10.1 Å². The molecule has 2 atom stereocenters. The number of benzene rings is 1. The summed E-state index contributed by atoms with van der Waals surface area (Å²) in [6.07, 6.45) is 0.616. The van der Waals surface area contributed by atoms with Gasteiger partial charge in [-0.1, -0.05) is 30.3 Å². The van der Waals surface area contributed by atoms with E-state index in [2.05, 4.69) is 0 Å². The highest BCUT2D eigenvalue weighted by Crippen LogP contribution is 2.19. The molecule has 0 spiro atoms. The van der Waals surface area contributed by atoms with Crippen molar-refractivity contribution in [2.24, 2.45) is 0 Å². The first kappa shape index (κ1) is 13.5. The number of hydrogen-bond donors (Lipinski definition) is 0. The molecule has 0 aliphatic carbocycles. The average molecular weight is 272 g/mol. The molecule has 1 heterocycles. The molecule has 5 nitrogen and oxygen atoms in total. The predicted octanol–water partition coefficient (Wildman–Crippen LogP) is 0.947. The Morgan fingerprint density at radius 1 is 1.39 bits per heavy atom. The van der Waals surface area contributed by atoms with Gasteiger partial charge in [-0.25, -0.2) is 0 Å². The molecule has 0 saturated carbocycles. The summed E-state index contributed by atoms with van der Waals surface area (Å²) in [5.41, 5.74) is 1.03. The van der Waals surface area contributed by atoms with E-state index in [9.17, 15) is 8.42 Å². The van der Waals surface area contributed by atoms with Gasteiger partial charge in [-0.2, -0.15) is 8.42 Å². The van der Waals surface area contributed by atoms with E-state index in [1.807, 2.05) is 30.3 Å². The predicted molar refractivity (Wildman–Crippen MR) is 65.6 cm³/mol. The molecular weight excluding hydrogens is 256 g/mol. The van der Waals surface area contributed by atoms with Crippen LogP contribution in [-0.2, 0) is 30.4 Å². The molecule has 1 aliphatic rings. The molecule has 1 aromatic rings. The monoisotopic (exact) mass is 272 g/mol. The first-order valence-corrected chi connectivity index (χ1v) is 7.48. The van der Waals surface area contributed by atoms with Crippen LogP contribution in [0, 0.1) is 0 Å². The van der Waals surface area contributed by atoms with Crippen molar-refractivity contribution in [1.29, 1.82) is 0 Å². The van der Waals surface area contributed by atoms with Crippen LogP contribution in [0.2, 0.25) is 0 Å². The Morgan fingerprint density at radius 2 is 2.06 bits per heavy atom. The third-order valence-corrected chi connectivity index (χ3v) is 3.09. The van der Waals surface area contributed by atoms with Gasteiger partial charge in [-0.3, -0.25) is 4.18 Å². The number of rotatable bonds is 7. The molecule has 100 valence electrons. The van der Waals surface area contributed by atoms with Crippen molar-refractivity contribution in [3.63, 3.8) is 0 Å². The van der Waals surface area contributed by atoms with Crippen LogP contribution in [0.5, 0.6) is 0 Å². The maximum atomic E-state index is 10.9. The second-order valence-electron chi connectivity index (χ2n) is 4.20. The van der Waals surface area contributed by atoms with Gasteiger partial charge in [0.25, 0.3) is 10.1 Å². The summed E-state index contributed by atoms with van der Waals surface area (Å²) in [6.45, 7) is 1.00. The lowest BCUT2D eigenvalue weighted by Crippen LogP contribution is -2.27. The first-order valence-electron chi connectivity index (χ1n) is 5.66. The smallest absolute Gasteiger partial charge is 0.264 e. The Labute approximate surface area is 107 Å². The van der Waals surface area contributed by atoms with Crippen LogP contribution < -0.4 is 0 Å². The number of epoxide rings is 1. The van der Waals surface area contributed by atoms with Gasteiger partial charge >= 0.3 is 0 Å². The lowest BCUT2D eigenvalue weighted by atomic mass is 10.2. The second kappa shape index (κ2) is 5.79. The number of ether oxygens (including phenoxy) is 2. The van der Waals surface area contributed by atoms with Gasteiger partial charge < -0.3 is 9.47 Å². The minimum atomic E-state index is -3.44. The molecule has 0 amide bonds. The first-order chi connectivity index (χ1) is 8.54. The Kier molecular flexibility index (Phi) is 4.34. The molecule has 2 rings (SSSR count). The Hall–Kier alpha value is -0.950. The standard InChI is InChI=1S/C12H16O5S/c1-18(13,14)17-9-12(11-8-16-11)15-7-10-5-3-2-4-6-10/h2-6,11-12H,7-9H2,1H3/t11-,12?/m1/s1. The zero-order valence-corrected chi connectivity index (χ0v) is 10.9. The molecule has 1 aliphatic heterocycles. The molecule has 1 aromatic carbocycles. The lowest BCUT2D eigenvalue weighted by Gasteiger charge is -2.15. The van der Waals surface area contributed by atoms with Gasteiger partial charge in [0.2, 0.25) is 0 Å². The summed E-state index contributed by atoms with van der Waals surface area (Å²) < 4.78 is 37.4. The second-order valence-corrected chi connectivity index (χ2v) is 5.84. The highest BCUT2D eigenvalue weighted by Gasteiger charge is 2.34. The van der Waals surface area contributed by atoms with Crippen LogP contribution in [0.15, 0.2) is 30.3 Å². The van der Waals surface area contributed by atoms with E-state index in [1.54, 1.807) is 0 Å². The SMILES string of the molecule is CS(=O)(=O)OCC(OCc1ccccc1)[C@H]1CO1. The molecule has 1 unspecified atom stereocenters. The molecule has 1 saturated heterocycles. The van der Waals surface area contributed by atoms with E-state index >= 15 is 0 Å². The van der Waals surface area contributed by atoms with Gasteiger partial charge in [0.15, 0.2) is 0 Å². The fourth-order valence-corrected chi connectivity index (χ4v) is 1.88. The summed E-state index contributed by atoms with van der Waals surface area (Å²) >= 11 is 0. The molecule has 6 heteroatoms. The van der Waals surface area contributed by atoms with Gasteiger partial charge in [-0.05, 0) is 5.56 Å². The Morgan fingerprint density at radius 3 is 2.61 bits per heavy atom. The van der Waals surface area contributed by atoms with E-state index in [1.165, 1.54) is 0 Å². The van der Waals surface area contributed by atoms with Crippen molar-refractivity contribution in [2.75, 3.05) is 19.5 Å². The molecule has 1 fully saturated rings. The normalized spacial score (nSPS) is 20.6. The van der Waals surface area contributed by atoms with Gasteiger partial charge in [-0.15, -0.1) is 0 Å². The van der Waals surface area contributed by atoms with Crippen LogP contribution in [0.1, 0.15) is 5.56 Å². The molecule has 0 radical (unpaired) electrons. The molecular formula is C12H16O5S. The van der Waals surface area contributed by atoms with E-state index in [0.717, 1.165) is 11.8 Å². The largest absolute Gasteiger partial charge is 0.370 e. The highest BCUT2D eigenvalue weighted by molar-refractivity contribution is 7.85. The number of hydrogen-bond acceptors (Lipinski definition) is 5. The average Bonchev–Trinajstić information content (AvgIpc) is 3.13. The molecule has 18 heavy (non-hydrogen) atoms. The van der Waals surface area contributed by atoms with Crippen molar-refractivity contribution in [3.05, 3.63) is 35.9 Å². The minimum Gasteiger partial charge on any atom is -0.370 e. The summed E-state index contributed by atoms with van der Waals surface area (Å²) in [5.74, 6) is 0. The zero-order valence-electron chi connectivity index (χ0n) is 10.1. The van der Waals surface area contributed by atoms with Crippen molar-refractivity contribution < 1.29 is 22.1 Å². The van der Waals surface area contributed by atoms with Gasteiger partial charge in [0.05, 0.1) is 26.1 Å². The van der Waals surface area contributed by atoms with Gasteiger partial charge in [0, 0.05) is 0 Å². The maximum absolute atomic E-state index is 10.9. The van der Waals surface area contributed by atoms with E-state index in [0.29, 0.717) is 13.2 Å². The molecule has 0 N–H and O–H groups in total. The molecule has 0 bridgehead atoms. The summed E-state index contributed by atoms with van der Waals surface area (Å²) in [6, 6.07) is 9.67. The Balaban J connectivity index is 1.83. The van der Waals surface area contributed by atoms with Crippen molar-refractivity contribution in [3.8, 4) is 0 Å². The van der Waals surface area contributed by atoms with Crippen LogP contribution in [0.3, 0.4) is 0 Å². The van der Waals surface area contributed by atoms with Crippen LogP contribution in [0.4, 0.5) is 0 Å². The zero-order chi connectivity index (χ0) is 13.0. The third-order valence-electron chi connectivity index (χ3n) is 2.53. The Bertz CT molecular complexity index is 467. The summed E-state index contributed by atoms with van der Waals surface area (Å²) in [5, 5.41) is 0. The maximum Gasteiger partial charge on any atom is 0.264 e. The van der Waals surface area contributed by atoms with Crippen molar-refractivity contribution in [1.82, 2.24) is 0 Å². The van der Waals surface area contributed by atoms with Crippen molar-refractivity contribution in [2.45, 2.75) is 18.8 Å². The van der Waals surface area contributed by atoms with Crippen LogP contribution in [0.25, 0.3) is 0 Å². The highest BCUT2D eigenvalue weighted by atomic mass is 32.2. The van der Waals surface area contributed by atoms with Crippen LogP contribution in [-0.4, -0.2) is 40.1 Å². The molecule has 0 aromatic heterocycles. The fourth-order valence-electron chi connectivity index (χ4n) is 1.50.